The van der Waals surface area contributed by atoms with Gasteiger partial charge in [0.05, 0.1) is 12.1 Å². The Kier molecular flexibility index (Phi) is 7.09. The number of hydrogen-bond acceptors (Lipinski definition) is 5. The van der Waals surface area contributed by atoms with Crippen LogP contribution in [0.3, 0.4) is 0 Å². The van der Waals surface area contributed by atoms with Crippen LogP contribution >= 0.6 is 0 Å². The molecule has 1 aromatic carbocycles. The van der Waals surface area contributed by atoms with Gasteiger partial charge >= 0.3 is 0 Å². The van der Waals surface area contributed by atoms with Crippen molar-refractivity contribution in [3.63, 3.8) is 0 Å². The molecule has 2 aliphatic rings. The van der Waals surface area contributed by atoms with Gasteiger partial charge in [-0.25, -0.2) is 0 Å². The van der Waals surface area contributed by atoms with Gasteiger partial charge in [0.1, 0.15) is 17.6 Å². The zero-order valence-corrected chi connectivity index (χ0v) is 16.7. The number of nitrogens with one attached hydrogen (secondary N) is 3. The molecule has 1 saturated carbocycles. The smallest absolute Gasteiger partial charge is 0.243 e. The number of hydrogen-bond donors (Lipinski definition) is 5. The maximum Gasteiger partial charge on any atom is 0.243 e. The highest BCUT2D eigenvalue weighted by Crippen LogP contribution is 2.21. The van der Waals surface area contributed by atoms with Crippen LogP contribution < -0.4 is 16.4 Å². The normalized spacial score (nSPS) is 19.9. The van der Waals surface area contributed by atoms with Gasteiger partial charge < -0.3 is 26.4 Å². The molecule has 1 aliphatic carbocycles. The monoisotopic (exact) mass is 401 g/mol. The Morgan fingerprint density at radius 1 is 1.17 bits per heavy atom. The van der Waals surface area contributed by atoms with Crippen LogP contribution in [-0.4, -0.2) is 52.8 Å². The fourth-order valence-electron chi connectivity index (χ4n) is 4.20. The Hall–Kier alpha value is -2.61. The van der Waals surface area contributed by atoms with Gasteiger partial charge in [0.2, 0.25) is 11.8 Å². The Balaban J connectivity index is 1.50. The molecular formula is C21H31N5O3. The van der Waals surface area contributed by atoms with E-state index >= 15 is 0 Å². The quantitative estimate of drug-likeness (QED) is 0.346. The number of likely N-dealkylation sites (tertiary alicyclic amines) is 1. The minimum Gasteiger partial charge on any atom is -0.507 e. The fourth-order valence-corrected chi connectivity index (χ4v) is 4.20. The van der Waals surface area contributed by atoms with Crippen molar-refractivity contribution >= 4 is 17.6 Å². The van der Waals surface area contributed by atoms with E-state index < -0.39 is 6.04 Å². The highest BCUT2D eigenvalue weighted by Gasteiger charge is 2.33. The van der Waals surface area contributed by atoms with Gasteiger partial charge in [0.15, 0.2) is 0 Å². The number of carbonyl (C=O) groups is 2. The number of carbonyl (C=O) groups excluding carboxylic acids is 2. The summed E-state index contributed by atoms with van der Waals surface area (Å²) in [4.78, 5) is 27.0. The predicted octanol–water partition coefficient (Wildman–Crippen LogP) is 1.21. The van der Waals surface area contributed by atoms with E-state index in [9.17, 15) is 14.7 Å². The fraction of sp³-hybridized carbons (Fsp3) is 0.571. The molecule has 0 unspecified atom stereocenters. The van der Waals surface area contributed by atoms with E-state index in [1.807, 2.05) is 0 Å². The number of nitrogens with two attached hydrogens (primary N) is 1. The molecule has 0 spiro atoms. The van der Waals surface area contributed by atoms with Gasteiger partial charge in [-0.2, -0.15) is 0 Å². The standard InChI is InChI=1S/C21H31N5O3/c22-20(23)16-9-8-14(11-18(16)27)12-25-21(29)17-7-4-10-26(17)19(28)13-24-15-5-2-1-3-6-15/h8-9,11,15,17,24,27H,1-7,10,12-13H2,(H3,22,23)(H,25,29)/t17-/m1/s1. The van der Waals surface area contributed by atoms with E-state index in [2.05, 4.69) is 10.6 Å². The summed E-state index contributed by atoms with van der Waals surface area (Å²) in [5.74, 6) is -0.490. The van der Waals surface area contributed by atoms with Gasteiger partial charge in [-0.05, 0) is 43.4 Å². The Morgan fingerprint density at radius 3 is 2.62 bits per heavy atom. The number of rotatable bonds is 7. The molecule has 158 valence electrons. The summed E-state index contributed by atoms with van der Waals surface area (Å²) in [5.41, 5.74) is 6.36. The van der Waals surface area contributed by atoms with Crippen molar-refractivity contribution in [3.05, 3.63) is 29.3 Å². The predicted molar refractivity (Wildman–Crippen MR) is 111 cm³/mol. The van der Waals surface area contributed by atoms with Crippen LogP contribution in [0.1, 0.15) is 56.1 Å². The molecule has 29 heavy (non-hydrogen) atoms. The molecule has 2 amide bonds. The van der Waals surface area contributed by atoms with Gasteiger partial charge in [0, 0.05) is 19.1 Å². The molecule has 2 fully saturated rings. The van der Waals surface area contributed by atoms with E-state index in [1.165, 1.54) is 25.3 Å². The summed E-state index contributed by atoms with van der Waals surface area (Å²) < 4.78 is 0. The second-order valence-corrected chi connectivity index (χ2v) is 7.94. The van der Waals surface area contributed by atoms with Crippen molar-refractivity contribution in [2.24, 2.45) is 5.73 Å². The third-order valence-electron chi connectivity index (χ3n) is 5.84. The van der Waals surface area contributed by atoms with Crippen molar-refractivity contribution < 1.29 is 14.7 Å². The van der Waals surface area contributed by atoms with E-state index in [4.69, 9.17) is 11.1 Å². The summed E-state index contributed by atoms with van der Waals surface area (Å²) in [6.45, 7) is 1.13. The first-order valence-corrected chi connectivity index (χ1v) is 10.4. The number of phenols is 1. The van der Waals surface area contributed by atoms with Crippen molar-refractivity contribution in [2.45, 2.75) is 63.6 Å². The number of nitrogens with zero attached hydrogens (tertiary/aromatic N) is 1. The minimum absolute atomic E-state index is 0.0170. The van der Waals surface area contributed by atoms with Crippen LogP contribution in [0.4, 0.5) is 0 Å². The Labute approximate surface area is 171 Å². The van der Waals surface area contributed by atoms with E-state index in [1.54, 1.807) is 17.0 Å². The topological polar surface area (TPSA) is 132 Å². The average molecular weight is 402 g/mol. The van der Waals surface area contributed by atoms with E-state index in [0.717, 1.165) is 19.3 Å². The van der Waals surface area contributed by atoms with Crippen LogP contribution in [0.2, 0.25) is 0 Å². The summed E-state index contributed by atoms with van der Waals surface area (Å²) >= 11 is 0. The van der Waals surface area contributed by atoms with Gasteiger partial charge in [0.25, 0.3) is 0 Å². The first kappa shape index (κ1) is 21.1. The molecule has 1 saturated heterocycles. The zero-order chi connectivity index (χ0) is 20.8. The van der Waals surface area contributed by atoms with Crippen molar-refractivity contribution in [1.82, 2.24) is 15.5 Å². The van der Waals surface area contributed by atoms with Crippen molar-refractivity contribution in [1.29, 1.82) is 5.41 Å². The molecule has 1 aliphatic heterocycles. The number of aromatic hydroxyl groups is 1. The number of phenolic OH excluding ortho intramolecular Hbond substituents is 1. The summed E-state index contributed by atoms with van der Waals surface area (Å²) in [6, 6.07) is 4.72. The van der Waals surface area contributed by atoms with Crippen LogP contribution in [0.15, 0.2) is 18.2 Å². The van der Waals surface area contributed by atoms with Gasteiger partial charge in [-0.1, -0.05) is 25.3 Å². The number of amidine groups is 1. The molecule has 0 aromatic heterocycles. The number of amides is 2. The van der Waals surface area contributed by atoms with Gasteiger partial charge in [-0.3, -0.25) is 15.0 Å². The minimum atomic E-state index is -0.444. The highest BCUT2D eigenvalue weighted by molar-refractivity contribution is 5.97. The summed E-state index contributed by atoms with van der Waals surface area (Å²) in [5, 5.41) is 23.5. The molecule has 0 bridgehead atoms. The summed E-state index contributed by atoms with van der Waals surface area (Å²) in [7, 11) is 0. The molecule has 1 heterocycles. The molecule has 3 rings (SSSR count). The second kappa shape index (κ2) is 9.73. The molecule has 8 nitrogen and oxygen atoms in total. The third-order valence-corrected chi connectivity index (χ3v) is 5.84. The molecule has 6 N–H and O–H groups in total. The van der Waals surface area contributed by atoms with Crippen molar-refractivity contribution in [2.75, 3.05) is 13.1 Å². The van der Waals surface area contributed by atoms with Gasteiger partial charge in [-0.15, -0.1) is 0 Å². The number of benzene rings is 1. The molecule has 0 radical (unpaired) electrons. The lowest BCUT2D eigenvalue weighted by Crippen LogP contribution is -2.49. The SMILES string of the molecule is N=C(N)c1ccc(CNC(=O)[C@H]2CCCN2C(=O)CNC2CCCCC2)cc1O. The van der Waals surface area contributed by atoms with Crippen molar-refractivity contribution in [3.8, 4) is 5.75 Å². The van der Waals surface area contributed by atoms with Crippen LogP contribution in [-0.2, 0) is 16.1 Å². The molecule has 1 atom stereocenters. The first-order chi connectivity index (χ1) is 14.0. The Bertz CT molecular complexity index is 761. The highest BCUT2D eigenvalue weighted by atomic mass is 16.3. The lowest BCUT2D eigenvalue weighted by Gasteiger charge is -2.27. The Morgan fingerprint density at radius 2 is 1.93 bits per heavy atom. The molecular weight excluding hydrogens is 370 g/mol. The molecule has 1 aromatic rings. The van der Waals surface area contributed by atoms with E-state index in [-0.39, 0.29) is 42.1 Å². The van der Waals surface area contributed by atoms with Crippen LogP contribution in [0.25, 0.3) is 0 Å². The van der Waals surface area contributed by atoms with Crippen LogP contribution in [0, 0.1) is 5.41 Å². The molecule has 8 heteroatoms. The number of nitrogen functional groups attached to an aromatic ring is 1. The summed E-state index contributed by atoms with van der Waals surface area (Å²) in [6.07, 6.45) is 7.42. The maximum atomic E-state index is 12.7. The second-order valence-electron chi connectivity index (χ2n) is 7.94. The van der Waals surface area contributed by atoms with Crippen LogP contribution in [0.5, 0.6) is 5.75 Å². The third kappa shape index (κ3) is 5.47. The average Bonchev–Trinajstić information content (AvgIpc) is 3.21. The zero-order valence-electron chi connectivity index (χ0n) is 16.7. The first-order valence-electron chi connectivity index (χ1n) is 10.4. The lowest BCUT2D eigenvalue weighted by atomic mass is 9.95. The largest absolute Gasteiger partial charge is 0.507 e. The lowest BCUT2D eigenvalue weighted by molar-refractivity contribution is -0.138. The van der Waals surface area contributed by atoms with E-state index in [0.29, 0.717) is 24.6 Å². The maximum absolute atomic E-state index is 12.7.